The van der Waals surface area contributed by atoms with Crippen LogP contribution in [0.15, 0.2) is 227 Å². The van der Waals surface area contributed by atoms with Gasteiger partial charge in [0.25, 0.3) is 0 Å². The van der Waals surface area contributed by atoms with Crippen molar-refractivity contribution in [1.82, 2.24) is 19.1 Å². The van der Waals surface area contributed by atoms with Gasteiger partial charge in [-0.2, -0.15) is 0 Å². The fourth-order valence-corrected chi connectivity index (χ4v) is 15.9. The Bertz CT molecular complexity index is 3820. The van der Waals surface area contributed by atoms with Crippen molar-refractivity contribution in [3.8, 4) is 11.4 Å². The van der Waals surface area contributed by atoms with E-state index in [1.807, 2.05) is 24.5 Å². The van der Waals surface area contributed by atoms with Crippen molar-refractivity contribution in [2.24, 2.45) is 0 Å². The summed E-state index contributed by atoms with van der Waals surface area (Å²) in [6.07, 6.45) is 3.74. The van der Waals surface area contributed by atoms with Gasteiger partial charge in [0.1, 0.15) is 22.5 Å². The summed E-state index contributed by atoms with van der Waals surface area (Å²) in [6, 6.07) is 73.9. The maximum absolute atomic E-state index is 7.47. The number of benzene rings is 8. The Hall–Kier alpha value is -8.52. The van der Waals surface area contributed by atoms with Crippen molar-refractivity contribution < 1.29 is 8.83 Å². The zero-order valence-electron chi connectivity index (χ0n) is 34.9. The second-order valence-electron chi connectivity index (χ2n) is 16.8. The lowest BCUT2D eigenvalue weighted by molar-refractivity contribution is 0.668. The second kappa shape index (κ2) is 13.7. The van der Waals surface area contributed by atoms with Crippen molar-refractivity contribution in [3.05, 3.63) is 219 Å². The first-order chi connectivity index (χ1) is 32.3. The van der Waals surface area contributed by atoms with E-state index in [2.05, 4.69) is 203 Å². The van der Waals surface area contributed by atoms with E-state index in [4.69, 9.17) is 18.8 Å². The molecule has 0 unspecified atom stereocenters. The van der Waals surface area contributed by atoms with Crippen LogP contribution >= 0.6 is 0 Å². The molecule has 0 atom stereocenters. The Morgan fingerprint density at radius 1 is 0.308 bits per heavy atom. The first-order valence-corrected chi connectivity index (χ1v) is 24.0. The molecule has 6 nitrogen and oxygen atoms in total. The number of hydrogen-bond donors (Lipinski definition) is 0. The van der Waals surface area contributed by atoms with Crippen LogP contribution in [-0.4, -0.2) is 27.2 Å². The van der Waals surface area contributed by atoms with Crippen LogP contribution in [0.1, 0.15) is 0 Å². The molecule has 0 spiro atoms. The summed E-state index contributed by atoms with van der Waals surface area (Å²) >= 11 is 0. The van der Waals surface area contributed by atoms with Crippen molar-refractivity contribution in [2.75, 3.05) is 0 Å². The van der Waals surface area contributed by atoms with Gasteiger partial charge in [0.2, 0.25) is 0 Å². The molecule has 0 aliphatic carbocycles. The number of hydrogen-bond acceptors (Lipinski definition) is 4. The molecule has 0 saturated carbocycles. The zero-order chi connectivity index (χ0) is 42.6. The van der Waals surface area contributed by atoms with E-state index in [0.717, 1.165) is 109 Å². The largest absolute Gasteiger partial charge is 0.454 e. The summed E-state index contributed by atoms with van der Waals surface area (Å²) in [4.78, 5) is 9.89. The zero-order valence-corrected chi connectivity index (χ0v) is 35.9. The smallest absolute Gasteiger partial charge is 0.188 e. The highest BCUT2D eigenvalue weighted by Gasteiger charge is 2.46. The Balaban J connectivity index is 1.10. The molecule has 6 heterocycles. The highest BCUT2D eigenvalue weighted by Crippen LogP contribution is 2.40. The monoisotopic (exact) mass is 848 g/mol. The average molecular weight is 849 g/mol. The first-order valence-electron chi connectivity index (χ1n) is 22.0. The summed E-state index contributed by atoms with van der Waals surface area (Å²) in [5, 5.41) is 13.5. The maximum Gasteiger partial charge on any atom is 0.188 e. The van der Waals surface area contributed by atoms with Crippen molar-refractivity contribution in [1.29, 1.82) is 0 Å². The third-order valence-electron chi connectivity index (χ3n) is 13.6. The molecule has 7 heteroatoms. The van der Waals surface area contributed by atoms with Crippen molar-refractivity contribution in [3.63, 3.8) is 0 Å². The number of rotatable bonds is 6. The predicted molar refractivity (Wildman–Crippen MR) is 269 cm³/mol. The van der Waals surface area contributed by atoms with Gasteiger partial charge in [-0.1, -0.05) is 158 Å². The Kier molecular flexibility index (Phi) is 7.61. The van der Waals surface area contributed by atoms with Crippen LogP contribution in [0, 0.1) is 0 Å². The molecule has 14 aromatic rings. The molecule has 304 valence electrons. The van der Waals surface area contributed by atoms with Crippen LogP contribution in [0.4, 0.5) is 0 Å². The van der Waals surface area contributed by atoms with Crippen LogP contribution < -0.4 is 20.7 Å². The van der Waals surface area contributed by atoms with Gasteiger partial charge in [0.05, 0.1) is 22.4 Å². The molecule has 0 aliphatic rings. The SMILES string of the molecule is c1ccc([Si](c2ccccc2)(c2cccc3c2oc2c(-n4c5ccccc5c5cccnc54)cccc23)c2cccc3c2oc2c(-n4c5ccccc5c5cccnc54)cccc23)cc1. The minimum absolute atomic E-state index is 0.818. The van der Waals surface area contributed by atoms with Gasteiger partial charge < -0.3 is 8.83 Å². The Labute approximate surface area is 372 Å². The average Bonchev–Trinajstić information content (AvgIpc) is 4.14. The van der Waals surface area contributed by atoms with E-state index in [-0.39, 0.29) is 0 Å². The third-order valence-corrected chi connectivity index (χ3v) is 18.4. The molecule has 6 aromatic heterocycles. The molecule has 14 rings (SSSR count). The van der Waals surface area contributed by atoms with Crippen LogP contribution in [-0.2, 0) is 0 Å². The fraction of sp³-hybridized carbons (Fsp3) is 0. The topological polar surface area (TPSA) is 61.9 Å². The van der Waals surface area contributed by atoms with Gasteiger partial charge in [-0.3, -0.25) is 9.13 Å². The van der Waals surface area contributed by atoms with Crippen LogP contribution in [0.25, 0.3) is 99.1 Å². The number of furan rings is 2. The number of pyridine rings is 2. The maximum atomic E-state index is 7.47. The van der Waals surface area contributed by atoms with E-state index >= 15 is 0 Å². The van der Waals surface area contributed by atoms with Gasteiger partial charge >= 0.3 is 0 Å². The van der Waals surface area contributed by atoms with Crippen LogP contribution in [0.2, 0.25) is 0 Å². The fourth-order valence-electron chi connectivity index (χ4n) is 10.9. The minimum atomic E-state index is -3.32. The highest BCUT2D eigenvalue weighted by molar-refractivity contribution is 7.21. The molecule has 0 amide bonds. The van der Waals surface area contributed by atoms with Crippen LogP contribution in [0.3, 0.4) is 0 Å². The van der Waals surface area contributed by atoms with E-state index in [0.29, 0.717) is 0 Å². The standard InChI is InChI=1S/C58H36N4O2Si/c1-3-17-37(18-4-1)65(38-19-5-2-6-20-38,51-33-13-25-43-41-23-11-31-49(53(41)63-55(43)51)61-47-29-9-7-21-39(47)45-27-15-35-59-57(45)61)52-34-14-26-44-42-24-12-32-50(54(42)64-56(44)52)62-48-30-10-8-22-40(48)46-28-16-36-60-58(46)62/h1-36H. The lowest BCUT2D eigenvalue weighted by Gasteiger charge is -2.34. The predicted octanol–water partition coefficient (Wildman–Crippen LogP) is 11.8. The lowest BCUT2D eigenvalue weighted by Crippen LogP contribution is -2.75. The van der Waals surface area contributed by atoms with Gasteiger partial charge in [0.15, 0.2) is 19.2 Å². The lowest BCUT2D eigenvalue weighted by atomic mass is 10.1. The summed E-state index contributed by atoms with van der Waals surface area (Å²) in [5.74, 6) is 0. The molecule has 0 saturated heterocycles. The van der Waals surface area contributed by atoms with Gasteiger partial charge in [-0.15, -0.1) is 0 Å². The number of para-hydroxylation sites is 6. The quantitative estimate of drug-likeness (QED) is 0.124. The summed E-state index contributed by atoms with van der Waals surface area (Å²) in [7, 11) is -3.32. The second-order valence-corrected chi connectivity index (χ2v) is 20.5. The molecule has 0 aliphatic heterocycles. The third kappa shape index (κ3) is 4.93. The summed E-state index contributed by atoms with van der Waals surface area (Å²) in [5.41, 5.74) is 9.23. The minimum Gasteiger partial charge on any atom is -0.454 e. The molecule has 0 bridgehead atoms. The number of fused-ring (bicyclic) bond motifs is 12. The highest BCUT2D eigenvalue weighted by atomic mass is 28.3. The Morgan fingerprint density at radius 3 is 1.14 bits per heavy atom. The molecule has 8 aromatic carbocycles. The summed E-state index contributed by atoms with van der Waals surface area (Å²) < 4.78 is 19.5. The van der Waals surface area contributed by atoms with E-state index in [1.54, 1.807) is 0 Å². The summed E-state index contributed by atoms with van der Waals surface area (Å²) in [6.45, 7) is 0. The van der Waals surface area contributed by atoms with Gasteiger partial charge in [-0.25, -0.2) is 9.97 Å². The van der Waals surface area contributed by atoms with Gasteiger partial charge in [0, 0.05) is 55.5 Å². The van der Waals surface area contributed by atoms with E-state index in [9.17, 15) is 0 Å². The van der Waals surface area contributed by atoms with E-state index in [1.165, 1.54) is 10.4 Å². The van der Waals surface area contributed by atoms with Crippen molar-refractivity contribution >= 4 is 117 Å². The molecular weight excluding hydrogens is 813 g/mol. The van der Waals surface area contributed by atoms with Crippen LogP contribution in [0.5, 0.6) is 0 Å². The number of nitrogens with zero attached hydrogens (tertiary/aromatic N) is 4. The van der Waals surface area contributed by atoms with Gasteiger partial charge in [-0.05, 0) is 69.3 Å². The van der Waals surface area contributed by atoms with E-state index < -0.39 is 8.07 Å². The first kappa shape index (κ1) is 36.0. The molecular formula is C58H36N4O2Si. The molecule has 65 heavy (non-hydrogen) atoms. The molecule has 0 N–H and O–H groups in total. The normalized spacial score (nSPS) is 12.3. The molecule has 0 radical (unpaired) electrons. The number of aromatic nitrogens is 4. The Morgan fingerprint density at radius 2 is 0.677 bits per heavy atom. The molecule has 0 fully saturated rings. The van der Waals surface area contributed by atoms with Crippen molar-refractivity contribution in [2.45, 2.75) is 0 Å².